The summed E-state index contributed by atoms with van der Waals surface area (Å²) < 4.78 is 0. The number of aliphatic imine (C=N–C) groups is 1. The highest BCUT2D eigenvalue weighted by molar-refractivity contribution is 6.29. The molecule has 0 aromatic heterocycles. The van der Waals surface area contributed by atoms with Crippen molar-refractivity contribution in [3.63, 3.8) is 0 Å². The van der Waals surface area contributed by atoms with Crippen molar-refractivity contribution < 1.29 is 4.79 Å². The van der Waals surface area contributed by atoms with Crippen LogP contribution < -0.4 is 5.73 Å². The highest BCUT2D eigenvalue weighted by atomic mass is 16.1. The number of aldehydes is 1. The molecule has 0 radical (unpaired) electrons. The summed E-state index contributed by atoms with van der Waals surface area (Å²) in [6.07, 6.45) is 0.674. The van der Waals surface area contributed by atoms with E-state index >= 15 is 0 Å². The van der Waals surface area contributed by atoms with Gasteiger partial charge in [0.15, 0.2) is 6.29 Å². The van der Waals surface area contributed by atoms with Crippen LogP contribution in [0.2, 0.25) is 0 Å². The van der Waals surface area contributed by atoms with Crippen LogP contribution >= 0.6 is 0 Å². The minimum Gasteiger partial charge on any atom is -0.325 e. The van der Waals surface area contributed by atoms with Crippen molar-refractivity contribution in [2.24, 2.45) is 10.7 Å². The average Bonchev–Trinajstić information content (AvgIpc) is 2.16. The topological polar surface area (TPSA) is 55.5 Å². The Morgan fingerprint density at radius 3 is 2.58 bits per heavy atom. The second kappa shape index (κ2) is 4.41. The SMILES string of the molecule is NCC(C=O)=Nc1ccccc1. The summed E-state index contributed by atoms with van der Waals surface area (Å²) in [6.45, 7) is 0.179. The lowest BCUT2D eigenvalue weighted by Crippen LogP contribution is -2.14. The molecule has 0 atom stereocenters. The maximum atomic E-state index is 10.3. The summed E-state index contributed by atoms with van der Waals surface area (Å²) in [5.74, 6) is 0. The van der Waals surface area contributed by atoms with E-state index in [0.29, 0.717) is 12.0 Å². The van der Waals surface area contributed by atoms with Gasteiger partial charge in [0.05, 0.1) is 11.4 Å². The van der Waals surface area contributed by atoms with Crippen molar-refractivity contribution in [2.75, 3.05) is 6.54 Å². The highest BCUT2D eigenvalue weighted by Gasteiger charge is 1.92. The third kappa shape index (κ3) is 2.29. The Morgan fingerprint density at radius 1 is 1.42 bits per heavy atom. The largest absolute Gasteiger partial charge is 0.325 e. The van der Waals surface area contributed by atoms with E-state index in [2.05, 4.69) is 4.99 Å². The van der Waals surface area contributed by atoms with Crippen molar-refractivity contribution in [2.45, 2.75) is 0 Å². The van der Waals surface area contributed by atoms with Gasteiger partial charge in [-0.3, -0.25) is 4.79 Å². The minimum absolute atomic E-state index is 0.179. The van der Waals surface area contributed by atoms with Crippen molar-refractivity contribution in [1.82, 2.24) is 0 Å². The first kappa shape index (κ1) is 8.62. The standard InChI is InChI=1S/C9H10N2O/c10-6-9(7-12)11-8-4-2-1-3-5-8/h1-5,7H,6,10H2. The third-order valence-electron chi connectivity index (χ3n) is 1.37. The molecule has 1 aromatic carbocycles. The Morgan fingerprint density at radius 2 is 2.08 bits per heavy atom. The molecule has 2 N–H and O–H groups in total. The Bertz CT molecular complexity index is 280. The number of hydrogen-bond acceptors (Lipinski definition) is 3. The zero-order valence-corrected chi connectivity index (χ0v) is 6.60. The van der Waals surface area contributed by atoms with Crippen LogP contribution in [0.1, 0.15) is 0 Å². The maximum Gasteiger partial charge on any atom is 0.165 e. The first-order valence-corrected chi connectivity index (χ1v) is 3.64. The van der Waals surface area contributed by atoms with Gasteiger partial charge in [0.1, 0.15) is 0 Å². The molecule has 1 aromatic rings. The van der Waals surface area contributed by atoms with E-state index in [0.717, 1.165) is 5.69 Å². The maximum absolute atomic E-state index is 10.3. The predicted molar refractivity (Wildman–Crippen MR) is 48.7 cm³/mol. The Kier molecular flexibility index (Phi) is 3.17. The summed E-state index contributed by atoms with van der Waals surface area (Å²) in [5, 5.41) is 0. The molecule has 0 fully saturated rings. The fraction of sp³-hybridized carbons (Fsp3) is 0.111. The van der Waals surface area contributed by atoms with Crippen LogP contribution in [-0.2, 0) is 4.79 Å². The Balaban J connectivity index is 2.86. The quantitative estimate of drug-likeness (QED) is 0.530. The smallest absolute Gasteiger partial charge is 0.165 e. The number of nitrogens with two attached hydrogens (primary N) is 1. The second-order valence-electron chi connectivity index (χ2n) is 2.26. The fourth-order valence-electron chi connectivity index (χ4n) is 0.788. The van der Waals surface area contributed by atoms with Gasteiger partial charge in [-0.1, -0.05) is 18.2 Å². The number of carbonyl (C=O) groups is 1. The first-order valence-electron chi connectivity index (χ1n) is 3.64. The van der Waals surface area contributed by atoms with Gasteiger partial charge in [-0.05, 0) is 12.1 Å². The summed E-state index contributed by atoms with van der Waals surface area (Å²) >= 11 is 0. The molecule has 3 nitrogen and oxygen atoms in total. The molecule has 1 rings (SSSR count). The van der Waals surface area contributed by atoms with E-state index < -0.39 is 0 Å². The van der Waals surface area contributed by atoms with Crippen LogP contribution in [0.25, 0.3) is 0 Å². The lowest BCUT2D eigenvalue weighted by molar-refractivity contribution is -0.102. The lowest BCUT2D eigenvalue weighted by atomic mass is 10.3. The van der Waals surface area contributed by atoms with E-state index in [1.54, 1.807) is 0 Å². The second-order valence-corrected chi connectivity index (χ2v) is 2.26. The molecule has 0 aliphatic carbocycles. The number of nitrogens with zero attached hydrogens (tertiary/aromatic N) is 1. The van der Waals surface area contributed by atoms with Gasteiger partial charge in [0.25, 0.3) is 0 Å². The van der Waals surface area contributed by atoms with Gasteiger partial charge in [0.2, 0.25) is 0 Å². The molecule has 0 spiro atoms. The minimum atomic E-state index is 0.179. The fourth-order valence-corrected chi connectivity index (χ4v) is 0.788. The molecular weight excluding hydrogens is 152 g/mol. The molecule has 0 saturated heterocycles. The van der Waals surface area contributed by atoms with Crippen LogP contribution in [-0.4, -0.2) is 18.5 Å². The van der Waals surface area contributed by atoms with Crippen LogP contribution in [0.3, 0.4) is 0 Å². The normalized spacial score (nSPS) is 11.2. The molecule has 62 valence electrons. The molecule has 3 heteroatoms. The number of carbonyl (C=O) groups excluding carboxylic acids is 1. The molecule has 0 amide bonds. The molecule has 0 saturated carbocycles. The van der Waals surface area contributed by atoms with Crippen LogP contribution in [0.15, 0.2) is 35.3 Å². The summed E-state index contributed by atoms with van der Waals surface area (Å²) in [7, 11) is 0. The van der Waals surface area contributed by atoms with E-state index in [4.69, 9.17) is 5.73 Å². The molecule has 12 heavy (non-hydrogen) atoms. The summed E-state index contributed by atoms with van der Waals surface area (Å²) in [5.41, 5.74) is 6.39. The third-order valence-corrected chi connectivity index (χ3v) is 1.37. The number of hydrogen-bond donors (Lipinski definition) is 1. The Labute approximate surface area is 70.9 Å². The van der Waals surface area contributed by atoms with Gasteiger partial charge >= 0.3 is 0 Å². The van der Waals surface area contributed by atoms with Crippen LogP contribution in [0, 0.1) is 0 Å². The van der Waals surface area contributed by atoms with Crippen molar-refractivity contribution in [3.05, 3.63) is 30.3 Å². The van der Waals surface area contributed by atoms with Gasteiger partial charge < -0.3 is 5.73 Å². The molecule has 0 aliphatic heterocycles. The van der Waals surface area contributed by atoms with Crippen molar-refractivity contribution in [3.8, 4) is 0 Å². The molecule has 0 bridgehead atoms. The van der Waals surface area contributed by atoms with Gasteiger partial charge in [-0.15, -0.1) is 0 Å². The monoisotopic (exact) mass is 162 g/mol. The predicted octanol–water partition coefficient (Wildman–Crippen LogP) is 0.917. The van der Waals surface area contributed by atoms with Gasteiger partial charge in [0, 0.05) is 6.54 Å². The Hall–Kier alpha value is -1.48. The zero-order chi connectivity index (χ0) is 8.81. The molecule has 0 aliphatic rings. The number of benzene rings is 1. The van der Waals surface area contributed by atoms with Crippen LogP contribution in [0.5, 0.6) is 0 Å². The average molecular weight is 162 g/mol. The highest BCUT2D eigenvalue weighted by Crippen LogP contribution is 2.09. The van der Waals surface area contributed by atoms with Crippen molar-refractivity contribution >= 4 is 17.7 Å². The molecular formula is C9H10N2O. The van der Waals surface area contributed by atoms with E-state index in [9.17, 15) is 4.79 Å². The summed E-state index contributed by atoms with van der Waals surface area (Å²) in [6, 6.07) is 9.25. The first-order chi connectivity index (χ1) is 5.86. The van der Waals surface area contributed by atoms with Crippen molar-refractivity contribution in [1.29, 1.82) is 0 Å². The lowest BCUT2D eigenvalue weighted by Gasteiger charge is -1.93. The number of rotatable bonds is 3. The van der Waals surface area contributed by atoms with E-state index in [1.807, 2.05) is 30.3 Å². The molecule has 0 heterocycles. The van der Waals surface area contributed by atoms with E-state index in [1.165, 1.54) is 0 Å². The van der Waals surface area contributed by atoms with Gasteiger partial charge in [-0.2, -0.15) is 0 Å². The number of para-hydroxylation sites is 1. The molecule has 0 unspecified atom stereocenters. The van der Waals surface area contributed by atoms with Crippen LogP contribution in [0.4, 0.5) is 5.69 Å². The van der Waals surface area contributed by atoms with E-state index in [-0.39, 0.29) is 6.54 Å². The summed E-state index contributed by atoms with van der Waals surface area (Å²) in [4.78, 5) is 14.3. The zero-order valence-electron chi connectivity index (χ0n) is 6.60. The van der Waals surface area contributed by atoms with Gasteiger partial charge in [-0.25, -0.2) is 4.99 Å².